The van der Waals surface area contributed by atoms with Gasteiger partial charge >= 0.3 is 0 Å². The van der Waals surface area contributed by atoms with E-state index in [-0.39, 0.29) is 5.82 Å². The summed E-state index contributed by atoms with van der Waals surface area (Å²) < 4.78 is 15.4. The van der Waals surface area contributed by atoms with Crippen LogP contribution in [0.15, 0.2) is 18.2 Å². The Morgan fingerprint density at radius 3 is 2.65 bits per heavy atom. The van der Waals surface area contributed by atoms with Crippen LogP contribution in [0.25, 0.3) is 11.0 Å². The van der Waals surface area contributed by atoms with Crippen molar-refractivity contribution >= 4 is 22.6 Å². The van der Waals surface area contributed by atoms with Gasteiger partial charge in [0.05, 0.1) is 16.9 Å². The highest BCUT2D eigenvalue weighted by molar-refractivity contribution is 6.16. The van der Waals surface area contributed by atoms with E-state index < -0.39 is 0 Å². The number of hydrogen-bond donors (Lipinski definition) is 0. The number of halogens is 2. The van der Waals surface area contributed by atoms with Gasteiger partial charge in [0.2, 0.25) is 0 Å². The average molecular weight is 255 g/mol. The van der Waals surface area contributed by atoms with Gasteiger partial charge in [-0.15, -0.1) is 11.6 Å². The van der Waals surface area contributed by atoms with Crippen LogP contribution in [-0.2, 0) is 5.88 Å². The lowest BCUT2D eigenvalue weighted by atomic mass is 10.1. The van der Waals surface area contributed by atoms with Crippen LogP contribution in [-0.4, -0.2) is 9.55 Å². The highest BCUT2D eigenvalue weighted by atomic mass is 35.5. The molecular weight excluding hydrogens is 239 g/mol. The lowest BCUT2D eigenvalue weighted by Gasteiger charge is -2.18. The molecule has 0 saturated heterocycles. The number of benzene rings is 1. The third-order valence-corrected chi connectivity index (χ3v) is 3.39. The normalized spacial score (nSPS) is 11.6. The van der Waals surface area contributed by atoms with Crippen molar-refractivity contribution in [2.24, 2.45) is 0 Å². The lowest BCUT2D eigenvalue weighted by Crippen LogP contribution is -2.10. The zero-order chi connectivity index (χ0) is 12.4. The summed E-state index contributed by atoms with van der Waals surface area (Å²) in [4.78, 5) is 4.45. The summed E-state index contributed by atoms with van der Waals surface area (Å²) in [7, 11) is 0. The van der Waals surface area contributed by atoms with E-state index in [2.05, 4.69) is 23.4 Å². The maximum absolute atomic E-state index is 13.3. The van der Waals surface area contributed by atoms with Crippen molar-refractivity contribution < 1.29 is 4.39 Å². The van der Waals surface area contributed by atoms with E-state index in [9.17, 15) is 4.39 Å². The molecule has 1 aromatic heterocycles. The van der Waals surface area contributed by atoms with E-state index in [1.165, 1.54) is 12.1 Å². The number of alkyl halides is 1. The first-order valence-corrected chi connectivity index (χ1v) is 6.47. The molecular formula is C13H16ClFN2. The second-order valence-electron chi connectivity index (χ2n) is 4.14. The molecule has 17 heavy (non-hydrogen) atoms. The molecule has 0 amide bonds. The molecule has 0 atom stereocenters. The van der Waals surface area contributed by atoms with Crippen LogP contribution < -0.4 is 0 Å². The Morgan fingerprint density at radius 2 is 2.06 bits per heavy atom. The Bertz CT molecular complexity index is 517. The standard InChI is InChI=1S/C13H16ClFN2/c1-3-10(4-2)17-12-7-9(15)5-6-11(12)16-13(17)8-14/h5-7,10H,3-4,8H2,1-2H3. The molecule has 0 fully saturated rings. The summed E-state index contributed by atoms with van der Waals surface area (Å²) >= 11 is 5.92. The van der Waals surface area contributed by atoms with Crippen molar-refractivity contribution in [3.05, 3.63) is 29.8 Å². The van der Waals surface area contributed by atoms with Gasteiger partial charge in [-0.2, -0.15) is 0 Å². The van der Waals surface area contributed by atoms with E-state index in [1.807, 2.05) is 0 Å². The summed E-state index contributed by atoms with van der Waals surface area (Å²) in [6, 6.07) is 5.01. The number of rotatable bonds is 4. The third kappa shape index (κ3) is 2.16. The molecule has 2 rings (SSSR count). The van der Waals surface area contributed by atoms with Crippen molar-refractivity contribution in [2.75, 3.05) is 0 Å². The number of hydrogen-bond acceptors (Lipinski definition) is 1. The van der Waals surface area contributed by atoms with E-state index in [4.69, 9.17) is 11.6 Å². The molecule has 2 aromatic rings. The molecule has 0 saturated carbocycles. The molecule has 1 heterocycles. The fraction of sp³-hybridized carbons (Fsp3) is 0.462. The molecule has 0 aliphatic heterocycles. The first-order chi connectivity index (χ1) is 8.21. The van der Waals surface area contributed by atoms with Crippen molar-refractivity contribution in [1.82, 2.24) is 9.55 Å². The predicted molar refractivity (Wildman–Crippen MR) is 68.9 cm³/mol. The van der Waals surface area contributed by atoms with Gasteiger partial charge in [-0.25, -0.2) is 9.37 Å². The van der Waals surface area contributed by atoms with E-state index in [0.29, 0.717) is 11.9 Å². The van der Waals surface area contributed by atoms with Crippen molar-refractivity contribution in [2.45, 2.75) is 38.6 Å². The molecule has 1 aromatic carbocycles. The molecule has 92 valence electrons. The average Bonchev–Trinajstić information content (AvgIpc) is 2.69. The van der Waals surface area contributed by atoms with Crippen LogP contribution in [0.5, 0.6) is 0 Å². The van der Waals surface area contributed by atoms with Crippen LogP contribution in [0.4, 0.5) is 4.39 Å². The van der Waals surface area contributed by atoms with Crippen molar-refractivity contribution in [3.63, 3.8) is 0 Å². The van der Waals surface area contributed by atoms with Gasteiger partial charge in [0, 0.05) is 6.04 Å². The molecule has 0 bridgehead atoms. The molecule has 0 radical (unpaired) electrons. The summed E-state index contributed by atoms with van der Waals surface area (Å²) in [6.07, 6.45) is 1.98. The third-order valence-electron chi connectivity index (χ3n) is 3.15. The van der Waals surface area contributed by atoms with Crippen LogP contribution >= 0.6 is 11.6 Å². The minimum atomic E-state index is -0.231. The van der Waals surface area contributed by atoms with Gasteiger partial charge in [0.15, 0.2) is 0 Å². The van der Waals surface area contributed by atoms with E-state index in [1.54, 1.807) is 6.07 Å². The fourth-order valence-corrected chi connectivity index (χ4v) is 2.46. The Hall–Kier alpha value is -1.09. The zero-order valence-electron chi connectivity index (χ0n) is 10.1. The number of imidazole rings is 1. The maximum atomic E-state index is 13.3. The van der Waals surface area contributed by atoms with E-state index >= 15 is 0 Å². The van der Waals surface area contributed by atoms with Gasteiger partial charge in [-0.3, -0.25) is 0 Å². The largest absolute Gasteiger partial charge is 0.324 e. The first-order valence-electron chi connectivity index (χ1n) is 5.93. The SMILES string of the molecule is CCC(CC)n1c(CCl)nc2ccc(F)cc21. The Morgan fingerprint density at radius 1 is 1.35 bits per heavy atom. The summed E-state index contributed by atoms with van der Waals surface area (Å²) in [5.74, 6) is 0.943. The molecule has 2 nitrogen and oxygen atoms in total. The summed E-state index contributed by atoms with van der Waals surface area (Å²) in [5.41, 5.74) is 1.66. The van der Waals surface area contributed by atoms with Crippen molar-refractivity contribution in [3.8, 4) is 0 Å². The predicted octanol–water partition coefficient (Wildman–Crippen LogP) is 4.28. The van der Waals surface area contributed by atoms with Crippen LogP contribution in [0.2, 0.25) is 0 Å². The zero-order valence-corrected chi connectivity index (χ0v) is 10.8. The number of fused-ring (bicyclic) bond motifs is 1. The van der Waals surface area contributed by atoms with Gasteiger partial charge in [0.1, 0.15) is 11.6 Å². The van der Waals surface area contributed by atoms with Gasteiger partial charge in [0.25, 0.3) is 0 Å². The molecule has 0 spiro atoms. The minimum Gasteiger partial charge on any atom is -0.324 e. The molecule has 0 N–H and O–H groups in total. The van der Waals surface area contributed by atoms with Gasteiger partial charge < -0.3 is 4.57 Å². The van der Waals surface area contributed by atoms with Crippen LogP contribution in [0, 0.1) is 5.82 Å². The number of aromatic nitrogens is 2. The highest BCUT2D eigenvalue weighted by Gasteiger charge is 2.16. The molecule has 4 heteroatoms. The minimum absolute atomic E-state index is 0.231. The molecule has 0 aliphatic carbocycles. The lowest BCUT2D eigenvalue weighted by molar-refractivity contribution is 0.471. The summed E-state index contributed by atoms with van der Waals surface area (Å²) in [5, 5.41) is 0. The first kappa shape index (κ1) is 12.4. The number of nitrogens with zero attached hydrogens (tertiary/aromatic N) is 2. The topological polar surface area (TPSA) is 17.8 Å². The summed E-state index contributed by atoms with van der Waals surface area (Å²) in [6.45, 7) is 4.24. The van der Waals surface area contributed by atoms with Gasteiger partial charge in [-0.1, -0.05) is 13.8 Å². The van der Waals surface area contributed by atoms with Crippen LogP contribution in [0.3, 0.4) is 0 Å². The molecule has 0 aliphatic rings. The quantitative estimate of drug-likeness (QED) is 0.745. The van der Waals surface area contributed by atoms with Gasteiger partial charge in [-0.05, 0) is 31.0 Å². The van der Waals surface area contributed by atoms with Crippen LogP contribution in [0.1, 0.15) is 38.6 Å². The Balaban J connectivity index is 2.67. The Kier molecular flexibility index (Phi) is 3.67. The second-order valence-corrected chi connectivity index (χ2v) is 4.40. The highest BCUT2D eigenvalue weighted by Crippen LogP contribution is 2.26. The fourth-order valence-electron chi connectivity index (χ4n) is 2.27. The second kappa shape index (κ2) is 5.05. The molecule has 0 unspecified atom stereocenters. The monoisotopic (exact) mass is 254 g/mol. The van der Waals surface area contributed by atoms with E-state index in [0.717, 1.165) is 29.7 Å². The smallest absolute Gasteiger partial charge is 0.125 e. The Labute approximate surface area is 105 Å². The van der Waals surface area contributed by atoms with Crippen molar-refractivity contribution in [1.29, 1.82) is 0 Å². The maximum Gasteiger partial charge on any atom is 0.125 e.